The van der Waals surface area contributed by atoms with Gasteiger partial charge in [-0.2, -0.15) is 0 Å². The SMILES string of the molecule is Cc1cccc(N2CCN(C(=O)c3sc(-c4cccc(Cl)c4)nc3C)CC2)c1C. The summed E-state index contributed by atoms with van der Waals surface area (Å²) in [6, 6.07) is 14.0. The van der Waals surface area contributed by atoms with Crippen LogP contribution in [0.2, 0.25) is 5.02 Å². The van der Waals surface area contributed by atoms with E-state index >= 15 is 0 Å². The molecule has 3 aromatic rings. The molecule has 1 aliphatic heterocycles. The van der Waals surface area contributed by atoms with Gasteiger partial charge in [0.25, 0.3) is 5.91 Å². The molecule has 0 saturated carbocycles. The van der Waals surface area contributed by atoms with Gasteiger partial charge in [0.15, 0.2) is 0 Å². The molecule has 0 bridgehead atoms. The van der Waals surface area contributed by atoms with Gasteiger partial charge in [0, 0.05) is 42.5 Å². The second-order valence-electron chi connectivity index (χ2n) is 7.44. The third-order valence-corrected chi connectivity index (χ3v) is 6.98. The van der Waals surface area contributed by atoms with Gasteiger partial charge in [0.05, 0.1) is 5.69 Å². The number of nitrogens with zero attached hydrogens (tertiary/aromatic N) is 3. The molecule has 1 fully saturated rings. The lowest BCUT2D eigenvalue weighted by Crippen LogP contribution is -2.49. The Balaban J connectivity index is 1.48. The van der Waals surface area contributed by atoms with Gasteiger partial charge in [-0.05, 0) is 50.1 Å². The van der Waals surface area contributed by atoms with Crippen LogP contribution in [0.4, 0.5) is 5.69 Å². The van der Waals surface area contributed by atoms with Crippen LogP contribution in [0.25, 0.3) is 10.6 Å². The molecule has 29 heavy (non-hydrogen) atoms. The van der Waals surface area contributed by atoms with Crippen molar-refractivity contribution in [1.29, 1.82) is 0 Å². The Morgan fingerprint density at radius 3 is 2.48 bits per heavy atom. The molecule has 4 rings (SSSR count). The molecule has 0 radical (unpaired) electrons. The summed E-state index contributed by atoms with van der Waals surface area (Å²) < 4.78 is 0. The smallest absolute Gasteiger partial charge is 0.265 e. The minimum absolute atomic E-state index is 0.0777. The van der Waals surface area contributed by atoms with Gasteiger partial charge in [-0.25, -0.2) is 4.98 Å². The Hall–Kier alpha value is -2.37. The van der Waals surface area contributed by atoms with E-state index in [0.29, 0.717) is 5.02 Å². The van der Waals surface area contributed by atoms with Gasteiger partial charge >= 0.3 is 0 Å². The Morgan fingerprint density at radius 2 is 1.76 bits per heavy atom. The number of aromatic nitrogens is 1. The fourth-order valence-electron chi connectivity index (χ4n) is 3.71. The number of amides is 1. The number of halogens is 1. The molecule has 4 nitrogen and oxygen atoms in total. The van der Waals surface area contributed by atoms with Crippen LogP contribution in [0.3, 0.4) is 0 Å². The summed E-state index contributed by atoms with van der Waals surface area (Å²) in [5.74, 6) is 0.0777. The first-order valence-corrected chi connectivity index (χ1v) is 11.0. The Morgan fingerprint density at radius 1 is 1.03 bits per heavy atom. The predicted molar refractivity (Wildman–Crippen MR) is 121 cm³/mol. The number of benzene rings is 2. The number of anilines is 1. The zero-order valence-electron chi connectivity index (χ0n) is 16.9. The van der Waals surface area contributed by atoms with Crippen LogP contribution in [0.15, 0.2) is 42.5 Å². The molecular weight excluding hydrogens is 402 g/mol. The number of rotatable bonds is 3. The van der Waals surface area contributed by atoms with Crippen molar-refractivity contribution in [3.63, 3.8) is 0 Å². The van der Waals surface area contributed by atoms with Gasteiger partial charge in [-0.3, -0.25) is 4.79 Å². The molecular formula is C23H24ClN3OS. The van der Waals surface area contributed by atoms with E-state index in [-0.39, 0.29) is 5.91 Å². The van der Waals surface area contributed by atoms with Crippen molar-refractivity contribution in [2.45, 2.75) is 20.8 Å². The van der Waals surface area contributed by atoms with Gasteiger partial charge in [0.2, 0.25) is 0 Å². The second-order valence-corrected chi connectivity index (χ2v) is 8.88. The summed E-state index contributed by atoms with van der Waals surface area (Å²) in [5, 5.41) is 1.51. The lowest BCUT2D eigenvalue weighted by atomic mass is 10.1. The molecule has 0 atom stereocenters. The van der Waals surface area contributed by atoms with E-state index in [1.54, 1.807) is 0 Å². The monoisotopic (exact) mass is 425 g/mol. The van der Waals surface area contributed by atoms with Crippen LogP contribution >= 0.6 is 22.9 Å². The van der Waals surface area contributed by atoms with Crippen molar-refractivity contribution in [3.05, 3.63) is 69.2 Å². The molecule has 0 spiro atoms. The van der Waals surface area contributed by atoms with E-state index < -0.39 is 0 Å². The number of hydrogen-bond donors (Lipinski definition) is 0. The number of hydrogen-bond acceptors (Lipinski definition) is 4. The third kappa shape index (κ3) is 4.02. The van der Waals surface area contributed by atoms with E-state index in [0.717, 1.165) is 47.3 Å². The maximum absolute atomic E-state index is 13.1. The van der Waals surface area contributed by atoms with Crippen LogP contribution in [0.5, 0.6) is 0 Å². The normalized spacial score (nSPS) is 14.3. The highest BCUT2D eigenvalue weighted by Gasteiger charge is 2.26. The van der Waals surface area contributed by atoms with Crippen LogP contribution in [-0.4, -0.2) is 42.0 Å². The fourth-order valence-corrected chi connectivity index (χ4v) is 4.93. The summed E-state index contributed by atoms with van der Waals surface area (Å²) in [6.07, 6.45) is 0. The molecule has 2 heterocycles. The molecule has 0 unspecified atom stereocenters. The molecule has 0 aliphatic carbocycles. The summed E-state index contributed by atoms with van der Waals surface area (Å²) in [7, 11) is 0. The highest BCUT2D eigenvalue weighted by Crippen LogP contribution is 2.31. The standard InChI is InChI=1S/C23H24ClN3OS/c1-15-6-4-9-20(16(15)2)26-10-12-27(13-11-26)23(28)21-17(3)25-22(29-21)18-7-5-8-19(24)14-18/h4-9,14H,10-13H2,1-3H3. The van der Waals surface area contributed by atoms with Crippen LogP contribution in [-0.2, 0) is 0 Å². The van der Waals surface area contributed by atoms with E-state index in [4.69, 9.17) is 11.6 Å². The fraction of sp³-hybridized carbons (Fsp3) is 0.304. The van der Waals surface area contributed by atoms with Gasteiger partial charge in [0.1, 0.15) is 9.88 Å². The highest BCUT2D eigenvalue weighted by atomic mass is 35.5. The first-order valence-electron chi connectivity index (χ1n) is 9.78. The summed E-state index contributed by atoms with van der Waals surface area (Å²) in [6.45, 7) is 9.34. The predicted octanol–water partition coefficient (Wildman–Crippen LogP) is 5.35. The molecule has 1 saturated heterocycles. The summed E-state index contributed by atoms with van der Waals surface area (Å²) in [5.41, 5.74) is 5.62. The van der Waals surface area contributed by atoms with Crippen molar-refractivity contribution >= 4 is 34.5 Å². The topological polar surface area (TPSA) is 36.4 Å². The largest absolute Gasteiger partial charge is 0.368 e. The number of thiazole rings is 1. The van der Waals surface area contributed by atoms with Crippen molar-refractivity contribution in [3.8, 4) is 10.6 Å². The highest BCUT2D eigenvalue weighted by molar-refractivity contribution is 7.17. The minimum atomic E-state index is 0.0777. The minimum Gasteiger partial charge on any atom is -0.368 e. The molecule has 6 heteroatoms. The lowest BCUT2D eigenvalue weighted by molar-refractivity contribution is 0.0750. The zero-order valence-corrected chi connectivity index (χ0v) is 18.5. The zero-order chi connectivity index (χ0) is 20.5. The summed E-state index contributed by atoms with van der Waals surface area (Å²) in [4.78, 5) is 22.8. The van der Waals surface area contributed by atoms with E-state index in [9.17, 15) is 4.79 Å². The van der Waals surface area contributed by atoms with Crippen molar-refractivity contribution in [2.75, 3.05) is 31.1 Å². The molecule has 150 valence electrons. The van der Waals surface area contributed by atoms with Gasteiger partial charge in [-0.15, -0.1) is 11.3 Å². The first kappa shape index (κ1) is 19.9. The number of carbonyl (C=O) groups excluding carboxylic acids is 1. The lowest BCUT2D eigenvalue weighted by Gasteiger charge is -2.37. The van der Waals surface area contributed by atoms with E-state index in [1.165, 1.54) is 28.2 Å². The van der Waals surface area contributed by atoms with Crippen molar-refractivity contribution in [1.82, 2.24) is 9.88 Å². The first-order chi connectivity index (χ1) is 13.9. The average Bonchev–Trinajstić information content (AvgIpc) is 3.11. The quantitative estimate of drug-likeness (QED) is 0.567. The Bertz CT molecular complexity index is 1050. The van der Waals surface area contributed by atoms with E-state index in [1.807, 2.05) is 36.1 Å². The number of carbonyl (C=O) groups is 1. The molecule has 2 aromatic carbocycles. The van der Waals surface area contributed by atoms with Crippen molar-refractivity contribution < 1.29 is 4.79 Å². The number of piperazine rings is 1. The Labute approximate surface area is 180 Å². The van der Waals surface area contributed by atoms with Crippen LogP contribution < -0.4 is 4.90 Å². The molecule has 1 aliphatic rings. The second kappa shape index (κ2) is 8.17. The van der Waals surface area contributed by atoms with E-state index in [2.05, 4.69) is 41.9 Å². The van der Waals surface area contributed by atoms with Gasteiger partial charge < -0.3 is 9.80 Å². The maximum atomic E-state index is 13.1. The van der Waals surface area contributed by atoms with Crippen LogP contribution in [0.1, 0.15) is 26.5 Å². The van der Waals surface area contributed by atoms with Gasteiger partial charge in [-0.1, -0.05) is 35.9 Å². The Kier molecular flexibility index (Phi) is 5.61. The molecule has 1 aromatic heterocycles. The average molecular weight is 426 g/mol. The maximum Gasteiger partial charge on any atom is 0.265 e. The third-order valence-electron chi connectivity index (χ3n) is 5.55. The molecule has 0 N–H and O–H groups in total. The molecule has 1 amide bonds. The number of aryl methyl sites for hydroxylation is 2. The van der Waals surface area contributed by atoms with Crippen molar-refractivity contribution in [2.24, 2.45) is 0 Å². The summed E-state index contributed by atoms with van der Waals surface area (Å²) >= 11 is 7.56. The van der Waals surface area contributed by atoms with Crippen LogP contribution in [0, 0.1) is 20.8 Å².